The minimum Gasteiger partial charge on any atom is -0.334 e. The quantitative estimate of drug-likeness (QED) is 0.732. The normalized spacial score (nSPS) is 22.3. The zero-order valence-corrected chi connectivity index (χ0v) is 15.0. The molecule has 0 aliphatic carbocycles. The molecule has 0 spiro atoms. The lowest BCUT2D eigenvalue weighted by atomic mass is 9.90. The van der Waals surface area contributed by atoms with Crippen molar-refractivity contribution in [1.29, 1.82) is 0 Å². The summed E-state index contributed by atoms with van der Waals surface area (Å²) in [5.41, 5.74) is 6.53. The van der Waals surface area contributed by atoms with Crippen LogP contribution in [0.15, 0.2) is 18.2 Å². The number of halogens is 3. The number of nitrogens with zero attached hydrogens (tertiary/aromatic N) is 1. The van der Waals surface area contributed by atoms with Gasteiger partial charge in [0.05, 0.1) is 5.56 Å². The van der Waals surface area contributed by atoms with Gasteiger partial charge in [0.1, 0.15) is 0 Å². The van der Waals surface area contributed by atoms with Gasteiger partial charge in [0.15, 0.2) is 0 Å². The molecular formula is C14H19Cl2IN2O. The van der Waals surface area contributed by atoms with Gasteiger partial charge in [-0.25, -0.2) is 0 Å². The maximum atomic E-state index is 12.7. The molecule has 0 bridgehead atoms. The summed E-state index contributed by atoms with van der Waals surface area (Å²) in [5, 5.41) is 0.595. The Morgan fingerprint density at radius 2 is 2.25 bits per heavy atom. The van der Waals surface area contributed by atoms with Crippen LogP contribution in [0.2, 0.25) is 5.02 Å². The number of benzene rings is 1. The highest BCUT2D eigenvalue weighted by atomic mass is 127. The van der Waals surface area contributed by atoms with Gasteiger partial charge in [0.25, 0.3) is 5.91 Å². The molecule has 0 saturated carbocycles. The molecule has 1 heterocycles. The van der Waals surface area contributed by atoms with Crippen LogP contribution in [0.3, 0.4) is 0 Å². The van der Waals surface area contributed by atoms with Crippen LogP contribution in [0.1, 0.15) is 30.1 Å². The lowest BCUT2D eigenvalue weighted by Crippen LogP contribution is -2.51. The van der Waals surface area contributed by atoms with Crippen molar-refractivity contribution in [2.24, 2.45) is 11.7 Å². The first-order valence-electron chi connectivity index (χ1n) is 6.50. The first-order valence-corrected chi connectivity index (χ1v) is 7.96. The van der Waals surface area contributed by atoms with Gasteiger partial charge in [-0.2, -0.15) is 0 Å². The van der Waals surface area contributed by atoms with Crippen molar-refractivity contribution in [3.8, 4) is 0 Å². The van der Waals surface area contributed by atoms with Crippen molar-refractivity contribution in [2.75, 3.05) is 13.1 Å². The van der Waals surface area contributed by atoms with Gasteiger partial charge < -0.3 is 10.6 Å². The van der Waals surface area contributed by atoms with Gasteiger partial charge in [-0.15, -0.1) is 12.4 Å². The fourth-order valence-corrected chi connectivity index (χ4v) is 3.42. The highest BCUT2D eigenvalue weighted by Gasteiger charge is 2.31. The Morgan fingerprint density at radius 1 is 1.55 bits per heavy atom. The van der Waals surface area contributed by atoms with E-state index in [0.717, 1.165) is 23.0 Å². The summed E-state index contributed by atoms with van der Waals surface area (Å²) in [6, 6.07) is 5.56. The molecule has 1 aliphatic heterocycles. The van der Waals surface area contributed by atoms with E-state index in [9.17, 15) is 4.79 Å². The van der Waals surface area contributed by atoms with Gasteiger partial charge in [-0.1, -0.05) is 18.5 Å². The number of carbonyl (C=O) groups is 1. The summed E-state index contributed by atoms with van der Waals surface area (Å²) in [4.78, 5) is 14.6. The van der Waals surface area contributed by atoms with Crippen molar-refractivity contribution in [1.82, 2.24) is 4.90 Å². The van der Waals surface area contributed by atoms with Gasteiger partial charge in [0.2, 0.25) is 0 Å². The second-order valence-corrected chi connectivity index (χ2v) is 6.64. The molecule has 20 heavy (non-hydrogen) atoms. The Hall–Kier alpha value is -0.0400. The second-order valence-electron chi connectivity index (χ2n) is 5.05. The Bertz CT molecular complexity index is 484. The summed E-state index contributed by atoms with van der Waals surface area (Å²) >= 11 is 8.18. The highest BCUT2D eigenvalue weighted by Crippen LogP contribution is 2.26. The molecule has 0 radical (unpaired) electrons. The van der Waals surface area contributed by atoms with Crippen molar-refractivity contribution < 1.29 is 4.79 Å². The fraction of sp³-hybridized carbons (Fsp3) is 0.500. The summed E-state index contributed by atoms with van der Waals surface area (Å²) in [5.74, 6) is 0.508. The molecule has 2 atom stereocenters. The predicted octanol–water partition coefficient (Wildman–Crippen LogP) is 3.57. The van der Waals surface area contributed by atoms with Crippen LogP contribution in [0, 0.1) is 9.49 Å². The molecule has 0 aromatic heterocycles. The van der Waals surface area contributed by atoms with E-state index < -0.39 is 0 Å². The second kappa shape index (κ2) is 7.82. The van der Waals surface area contributed by atoms with Crippen LogP contribution in [-0.4, -0.2) is 29.9 Å². The summed E-state index contributed by atoms with van der Waals surface area (Å²) in [6.07, 6.45) is 2.18. The zero-order chi connectivity index (χ0) is 14.0. The average Bonchev–Trinajstić information content (AvgIpc) is 2.40. The molecule has 1 aromatic rings. The average molecular weight is 429 g/mol. The van der Waals surface area contributed by atoms with Crippen LogP contribution >= 0.6 is 46.6 Å². The van der Waals surface area contributed by atoms with Gasteiger partial charge in [-0.05, 0) is 59.5 Å². The Morgan fingerprint density at radius 3 is 2.90 bits per heavy atom. The predicted molar refractivity (Wildman–Crippen MR) is 93.7 cm³/mol. The molecule has 3 nitrogen and oxygen atoms in total. The fourth-order valence-electron chi connectivity index (χ4n) is 2.68. The minimum absolute atomic E-state index is 0. The number of rotatable bonds is 2. The van der Waals surface area contributed by atoms with E-state index in [1.165, 1.54) is 0 Å². The molecule has 1 saturated heterocycles. The van der Waals surface area contributed by atoms with Gasteiger partial charge in [0, 0.05) is 27.7 Å². The number of hydrogen-bond acceptors (Lipinski definition) is 2. The number of likely N-dealkylation sites (tertiary alicyclic amines) is 1. The molecule has 2 rings (SSSR count). The maximum absolute atomic E-state index is 12.7. The molecule has 2 N–H and O–H groups in total. The van der Waals surface area contributed by atoms with Crippen LogP contribution < -0.4 is 5.73 Å². The van der Waals surface area contributed by atoms with Gasteiger partial charge in [-0.3, -0.25) is 4.79 Å². The highest BCUT2D eigenvalue weighted by molar-refractivity contribution is 14.1. The van der Waals surface area contributed by atoms with Crippen molar-refractivity contribution in [2.45, 2.75) is 25.8 Å². The first kappa shape index (κ1) is 18.0. The molecule has 2 unspecified atom stereocenters. The molecule has 1 amide bonds. The smallest absolute Gasteiger partial charge is 0.255 e. The molecule has 6 heteroatoms. The van der Waals surface area contributed by atoms with Crippen molar-refractivity contribution in [3.05, 3.63) is 32.4 Å². The monoisotopic (exact) mass is 428 g/mol. The molecule has 1 fully saturated rings. The van der Waals surface area contributed by atoms with Crippen molar-refractivity contribution in [3.63, 3.8) is 0 Å². The van der Waals surface area contributed by atoms with E-state index in [4.69, 9.17) is 17.3 Å². The third-order valence-electron chi connectivity index (χ3n) is 3.78. The van der Waals surface area contributed by atoms with E-state index >= 15 is 0 Å². The number of hydrogen-bond donors (Lipinski definition) is 1. The lowest BCUT2D eigenvalue weighted by molar-refractivity contribution is 0.0531. The maximum Gasteiger partial charge on any atom is 0.255 e. The topological polar surface area (TPSA) is 46.3 Å². The number of amides is 1. The van der Waals surface area contributed by atoms with Crippen LogP contribution in [0.4, 0.5) is 0 Å². The summed E-state index contributed by atoms with van der Waals surface area (Å²) < 4.78 is 0.931. The first-order chi connectivity index (χ1) is 9.04. The SMILES string of the molecule is CC1CCCN(C(=O)c2cc(Cl)ccc2I)C1CN.Cl. The zero-order valence-electron chi connectivity index (χ0n) is 11.3. The Labute approximate surface area is 144 Å². The lowest BCUT2D eigenvalue weighted by Gasteiger charge is -2.39. The molecule has 1 aromatic carbocycles. The summed E-state index contributed by atoms with van der Waals surface area (Å²) in [6.45, 7) is 3.47. The standard InChI is InChI=1S/C14H18ClIN2O.ClH/c1-9-3-2-6-18(13(9)8-17)14(19)11-7-10(15)4-5-12(11)16;/h4-5,7,9,13H,2-3,6,8,17H2,1H3;1H. The number of piperidine rings is 1. The van der Waals surface area contributed by atoms with Crippen molar-refractivity contribution >= 4 is 52.5 Å². The minimum atomic E-state index is 0. The number of carbonyl (C=O) groups excluding carboxylic acids is 1. The van der Waals surface area contributed by atoms with Crippen LogP contribution in [0.25, 0.3) is 0 Å². The molecule has 112 valence electrons. The van der Waals surface area contributed by atoms with E-state index in [2.05, 4.69) is 29.5 Å². The van der Waals surface area contributed by atoms with E-state index in [1.54, 1.807) is 12.1 Å². The van der Waals surface area contributed by atoms with E-state index in [0.29, 0.717) is 23.0 Å². The summed E-state index contributed by atoms with van der Waals surface area (Å²) in [7, 11) is 0. The van der Waals surface area contributed by atoms with E-state index in [-0.39, 0.29) is 24.4 Å². The largest absolute Gasteiger partial charge is 0.334 e. The van der Waals surface area contributed by atoms with E-state index in [1.807, 2.05) is 11.0 Å². The Balaban J connectivity index is 0.00000200. The van der Waals surface area contributed by atoms with Crippen LogP contribution in [0.5, 0.6) is 0 Å². The third kappa shape index (κ3) is 3.78. The van der Waals surface area contributed by atoms with Gasteiger partial charge >= 0.3 is 0 Å². The molecule has 1 aliphatic rings. The Kier molecular flexibility index (Phi) is 7.04. The third-order valence-corrected chi connectivity index (χ3v) is 4.95. The van der Waals surface area contributed by atoms with Crippen LogP contribution in [-0.2, 0) is 0 Å². The number of nitrogens with two attached hydrogens (primary N) is 1. The molecular weight excluding hydrogens is 410 g/mol.